The van der Waals surface area contributed by atoms with E-state index in [0.29, 0.717) is 18.9 Å². The lowest BCUT2D eigenvalue weighted by atomic mass is 10.3. The fourth-order valence-electron chi connectivity index (χ4n) is 1.21. The minimum Gasteiger partial charge on any atom is -0.486 e. The Kier molecular flexibility index (Phi) is 3.48. The van der Waals surface area contributed by atoms with Crippen LogP contribution in [0, 0.1) is 5.82 Å². The van der Waals surface area contributed by atoms with Crippen molar-refractivity contribution in [2.24, 2.45) is 5.73 Å². The molecule has 0 aliphatic carbocycles. The van der Waals surface area contributed by atoms with Crippen LogP contribution in [-0.2, 0) is 13.2 Å². The van der Waals surface area contributed by atoms with Crippen molar-refractivity contribution in [3.8, 4) is 5.75 Å². The first-order chi connectivity index (χ1) is 7.78. The van der Waals surface area contributed by atoms with Crippen molar-refractivity contribution in [3.63, 3.8) is 0 Å². The third kappa shape index (κ3) is 2.77. The second kappa shape index (κ2) is 5.05. The Morgan fingerprint density at radius 3 is 3.00 bits per heavy atom. The number of ether oxygens (including phenoxy) is 1. The molecule has 0 saturated heterocycles. The molecule has 1 aromatic heterocycles. The van der Waals surface area contributed by atoms with Gasteiger partial charge in [-0.3, -0.25) is 0 Å². The molecular formula is C11H11FN2OS. The van der Waals surface area contributed by atoms with Gasteiger partial charge in [-0.05, 0) is 12.1 Å². The molecule has 0 amide bonds. The predicted molar refractivity (Wildman–Crippen MR) is 60.7 cm³/mol. The Bertz CT molecular complexity index is 473. The molecule has 0 bridgehead atoms. The zero-order valence-corrected chi connectivity index (χ0v) is 9.34. The van der Waals surface area contributed by atoms with Gasteiger partial charge in [0.2, 0.25) is 0 Å². The van der Waals surface area contributed by atoms with E-state index in [-0.39, 0.29) is 5.82 Å². The van der Waals surface area contributed by atoms with Gasteiger partial charge in [-0.25, -0.2) is 9.37 Å². The van der Waals surface area contributed by atoms with Crippen LogP contribution < -0.4 is 10.5 Å². The van der Waals surface area contributed by atoms with E-state index in [1.165, 1.54) is 23.5 Å². The molecule has 1 aromatic carbocycles. The van der Waals surface area contributed by atoms with Crippen LogP contribution in [0.25, 0.3) is 0 Å². The monoisotopic (exact) mass is 238 g/mol. The summed E-state index contributed by atoms with van der Waals surface area (Å²) in [5.41, 5.74) is 5.47. The van der Waals surface area contributed by atoms with Crippen molar-refractivity contribution in [1.82, 2.24) is 4.98 Å². The van der Waals surface area contributed by atoms with E-state index >= 15 is 0 Å². The summed E-state index contributed by atoms with van der Waals surface area (Å²) in [5, 5.41) is 0.838. The van der Waals surface area contributed by atoms with Gasteiger partial charge in [0.1, 0.15) is 23.2 Å². The Labute approximate surface area is 96.7 Å². The standard InChI is InChI=1S/C11H11FN2OS/c12-8-2-1-3-9(4-8)15-7-11-14-6-10(5-13)16-11/h1-4,6H,5,7,13H2. The van der Waals surface area contributed by atoms with E-state index in [1.807, 2.05) is 0 Å². The van der Waals surface area contributed by atoms with Crippen LogP contribution in [0.3, 0.4) is 0 Å². The Morgan fingerprint density at radius 1 is 1.44 bits per heavy atom. The number of benzene rings is 1. The van der Waals surface area contributed by atoms with Gasteiger partial charge in [-0.1, -0.05) is 6.07 Å². The summed E-state index contributed by atoms with van der Waals surface area (Å²) < 4.78 is 18.2. The zero-order chi connectivity index (χ0) is 11.4. The van der Waals surface area contributed by atoms with Crippen molar-refractivity contribution in [2.75, 3.05) is 0 Å². The number of hydrogen-bond donors (Lipinski definition) is 1. The van der Waals surface area contributed by atoms with Crippen molar-refractivity contribution in [1.29, 1.82) is 0 Å². The molecule has 0 saturated carbocycles. The second-order valence-electron chi connectivity index (χ2n) is 3.17. The fourth-order valence-corrected chi connectivity index (χ4v) is 1.93. The van der Waals surface area contributed by atoms with Crippen molar-refractivity contribution in [3.05, 3.63) is 46.2 Å². The summed E-state index contributed by atoms with van der Waals surface area (Å²) in [6.07, 6.45) is 1.73. The number of nitrogens with two attached hydrogens (primary N) is 1. The average molecular weight is 238 g/mol. The second-order valence-corrected chi connectivity index (χ2v) is 4.37. The maximum absolute atomic E-state index is 12.8. The van der Waals surface area contributed by atoms with Gasteiger partial charge >= 0.3 is 0 Å². The van der Waals surface area contributed by atoms with Crippen LogP contribution in [0.5, 0.6) is 5.75 Å². The highest BCUT2D eigenvalue weighted by molar-refractivity contribution is 7.11. The third-order valence-corrected chi connectivity index (χ3v) is 2.95. The maximum Gasteiger partial charge on any atom is 0.140 e. The molecule has 5 heteroatoms. The number of nitrogens with zero attached hydrogens (tertiary/aromatic N) is 1. The lowest BCUT2D eigenvalue weighted by molar-refractivity contribution is 0.304. The summed E-state index contributed by atoms with van der Waals surface area (Å²) in [4.78, 5) is 5.16. The van der Waals surface area contributed by atoms with Crippen molar-refractivity contribution >= 4 is 11.3 Å². The largest absolute Gasteiger partial charge is 0.486 e. The van der Waals surface area contributed by atoms with Crippen molar-refractivity contribution < 1.29 is 9.13 Å². The smallest absolute Gasteiger partial charge is 0.140 e. The van der Waals surface area contributed by atoms with Gasteiger partial charge in [-0.2, -0.15) is 0 Å². The highest BCUT2D eigenvalue weighted by Gasteiger charge is 2.02. The molecule has 0 aliphatic heterocycles. The van der Waals surface area contributed by atoms with Crippen LogP contribution in [-0.4, -0.2) is 4.98 Å². The van der Waals surface area contributed by atoms with Crippen LogP contribution >= 0.6 is 11.3 Å². The van der Waals surface area contributed by atoms with E-state index in [9.17, 15) is 4.39 Å². The van der Waals surface area contributed by atoms with Gasteiger partial charge in [-0.15, -0.1) is 11.3 Å². The summed E-state index contributed by atoms with van der Waals surface area (Å²) in [6.45, 7) is 0.825. The molecule has 2 aromatic rings. The van der Waals surface area contributed by atoms with Gasteiger partial charge in [0.25, 0.3) is 0 Å². The highest BCUT2D eigenvalue weighted by Crippen LogP contribution is 2.17. The quantitative estimate of drug-likeness (QED) is 0.889. The molecule has 84 valence electrons. The normalized spacial score (nSPS) is 10.4. The summed E-state index contributed by atoms with van der Waals surface area (Å²) in [7, 11) is 0. The van der Waals surface area contributed by atoms with Gasteiger partial charge < -0.3 is 10.5 Å². The average Bonchev–Trinajstić information content (AvgIpc) is 2.74. The molecular weight excluding hydrogens is 227 g/mol. The van der Waals surface area contributed by atoms with E-state index in [0.717, 1.165) is 9.88 Å². The third-order valence-electron chi connectivity index (χ3n) is 1.96. The molecule has 0 aliphatic rings. The SMILES string of the molecule is NCc1cnc(COc2cccc(F)c2)s1. The molecule has 0 spiro atoms. The summed E-state index contributed by atoms with van der Waals surface area (Å²) in [5.74, 6) is 0.198. The minimum atomic E-state index is -0.306. The first-order valence-electron chi connectivity index (χ1n) is 4.80. The number of halogens is 1. The Hall–Kier alpha value is -1.46. The summed E-state index contributed by atoms with van der Waals surface area (Å²) >= 11 is 1.50. The zero-order valence-electron chi connectivity index (χ0n) is 8.52. The predicted octanol–water partition coefficient (Wildman–Crippen LogP) is 2.32. The van der Waals surface area contributed by atoms with E-state index in [2.05, 4.69) is 4.98 Å². The molecule has 0 atom stereocenters. The summed E-state index contributed by atoms with van der Waals surface area (Å²) in [6, 6.07) is 6.04. The fraction of sp³-hybridized carbons (Fsp3) is 0.182. The molecule has 3 nitrogen and oxygen atoms in total. The van der Waals surface area contributed by atoms with Crippen LogP contribution in [0.4, 0.5) is 4.39 Å². The van der Waals surface area contributed by atoms with E-state index in [4.69, 9.17) is 10.5 Å². The molecule has 16 heavy (non-hydrogen) atoms. The van der Waals surface area contributed by atoms with Crippen LogP contribution in [0.2, 0.25) is 0 Å². The number of thiazole rings is 1. The van der Waals surface area contributed by atoms with Gasteiger partial charge in [0.05, 0.1) is 0 Å². The molecule has 0 fully saturated rings. The number of rotatable bonds is 4. The van der Waals surface area contributed by atoms with Crippen LogP contribution in [0.1, 0.15) is 9.88 Å². The molecule has 0 unspecified atom stereocenters. The van der Waals surface area contributed by atoms with Gasteiger partial charge in [0, 0.05) is 23.7 Å². The first kappa shape index (κ1) is 11.0. The number of hydrogen-bond acceptors (Lipinski definition) is 4. The number of aromatic nitrogens is 1. The minimum absolute atomic E-state index is 0.306. The first-order valence-corrected chi connectivity index (χ1v) is 5.61. The lowest BCUT2D eigenvalue weighted by Crippen LogP contribution is -1.94. The van der Waals surface area contributed by atoms with Crippen molar-refractivity contribution in [2.45, 2.75) is 13.2 Å². The molecule has 2 N–H and O–H groups in total. The van der Waals surface area contributed by atoms with E-state index < -0.39 is 0 Å². The van der Waals surface area contributed by atoms with E-state index in [1.54, 1.807) is 18.3 Å². The maximum atomic E-state index is 12.8. The molecule has 2 rings (SSSR count). The highest BCUT2D eigenvalue weighted by atomic mass is 32.1. The Balaban J connectivity index is 1.96. The lowest BCUT2D eigenvalue weighted by Gasteiger charge is -2.03. The Morgan fingerprint density at radius 2 is 2.31 bits per heavy atom. The van der Waals surface area contributed by atoms with Gasteiger partial charge in [0.15, 0.2) is 0 Å². The topological polar surface area (TPSA) is 48.1 Å². The molecule has 0 radical (unpaired) electrons. The van der Waals surface area contributed by atoms with Crippen LogP contribution in [0.15, 0.2) is 30.5 Å². The molecule has 1 heterocycles.